The smallest absolute Gasteiger partial charge is 1.00 e. The summed E-state index contributed by atoms with van der Waals surface area (Å²) in [5.74, 6) is 0. The molecule has 0 aliphatic heterocycles. The second-order valence-electron chi connectivity index (χ2n) is 0.951. The molecule has 0 rings (SSSR count). The number of nitrogens with zero attached hydrogens (tertiary/aromatic N) is 4. The van der Waals surface area contributed by atoms with E-state index >= 15 is 0 Å². The van der Waals surface area contributed by atoms with Gasteiger partial charge in [-0.05, 0) is 0 Å². The molecule has 0 fully saturated rings. The van der Waals surface area contributed by atoms with Gasteiger partial charge >= 0.3 is 51.4 Å². The summed E-state index contributed by atoms with van der Waals surface area (Å²) in [5, 5.41) is 54.6. The fourth-order valence-corrected chi connectivity index (χ4v) is 0. The molecule has 17 heavy (non-hydrogen) atoms. The minimum absolute atomic E-state index is 0. The van der Waals surface area contributed by atoms with Crippen LogP contribution in [0, 0.1) is 40.5 Å². The van der Waals surface area contributed by atoms with Crippen molar-refractivity contribution >= 4 is 0 Å². The van der Waals surface area contributed by atoms with Crippen molar-refractivity contribution < 1.29 is 94.0 Å². The Morgan fingerprint density at radius 3 is 0.588 bits per heavy atom. The molecule has 0 aromatic carbocycles. The van der Waals surface area contributed by atoms with Crippen molar-refractivity contribution in [3.8, 4) is 0 Å². The van der Waals surface area contributed by atoms with Crippen LogP contribution in [0.4, 0.5) is 0 Å². The van der Waals surface area contributed by atoms with Gasteiger partial charge in [0.1, 0.15) is 0 Å². The van der Waals surface area contributed by atoms with Gasteiger partial charge < -0.3 is 22.3 Å². The topological polar surface area (TPSA) is 253 Å². The van der Waals surface area contributed by atoms with Crippen LogP contribution in [0.1, 0.15) is 1.43 Å². The predicted molar refractivity (Wildman–Crippen MR) is 36.2 cm³/mol. The Bertz CT molecular complexity index is 164. The summed E-state index contributed by atoms with van der Waals surface area (Å²) in [7, 11) is 0. The molecule has 17 heteroatoms. The quantitative estimate of drug-likeness (QED) is 0.188. The van der Waals surface area contributed by atoms with Gasteiger partial charge in [0.2, 0.25) is 0 Å². The molecule has 4 N–H and O–H groups in total. The zero-order valence-corrected chi connectivity index (χ0v) is 11.0. The van der Waals surface area contributed by atoms with E-state index in [0.29, 0.717) is 0 Å². The molecular formula is H5KN4O12. The first kappa shape index (κ1) is 29.5. The SMILES string of the molecule is O=[N+]([O-])O.O=[N+]([O-])O.O=[N+]([O-])O.O=[N+]([O-])O.[H-].[K+]. The van der Waals surface area contributed by atoms with Crippen molar-refractivity contribution in [3.05, 3.63) is 40.5 Å². The van der Waals surface area contributed by atoms with Gasteiger partial charge in [0.15, 0.2) is 0 Å². The Balaban J connectivity index is -0.0000000257. The molecule has 0 aliphatic carbocycles. The molecule has 0 saturated carbocycles. The average molecular weight is 292 g/mol. The third-order valence-electron chi connectivity index (χ3n) is 0. The predicted octanol–water partition coefficient (Wildman–Crippen LogP) is -4.27. The maximum Gasteiger partial charge on any atom is 1.00 e. The molecule has 0 amide bonds. The Kier molecular flexibility index (Phi) is 41.6. The van der Waals surface area contributed by atoms with E-state index in [4.69, 9.17) is 61.3 Å². The van der Waals surface area contributed by atoms with Gasteiger partial charge in [-0.3, -0.25) is 0 Å². The number of hydrogen-bond acceptors (Lipinski definition) is 8. The van der Waals surface area contributed by atoms with Crippen LogP contribution in [0.3, 0.4) is 0 Å². The van der Waals surface area contributed by atoms with E-state index in [0.717, 1.165) is 0 Å². The first-order valence-electron chi connectivity index (χ1n) is 2.26. The molecule has 98 valence electrons. The van der Waals surface area contributed by atoms with E-state index < -0.39 is 20.3 Å². The van der Waals surface area contributed by atoms with Crippen LogP contribution >= 0.6 is 0 Å². The molecule has 0 aromatic rings. The van der Waals surface area contributed by atoms with Gasteiger partial charge in [-0.25, -0.2) is 0 Å². The monoisotopic (exact) mass is 292 g/mol. The van der Waals surface area contributed by atoms with Crippen LogP contribution in [-0.2, 0) is 0 Å². The normalized spacial score (nSPS) is 5.65. The summed E-state index contributed by atoms with van der Waals surface area (Å²) in [6.07, 6.45) is 0. The van der Waals surface area contributed by atoms with E-state index in [9.17, 15) is 0 Å². The summed E-state index contributed by atoms with van der Waals surface area (Å²) in [4.78, 5) is 33.4. The standard InChI is InChI=1S/K.4HNO3.H/c;4*2-1(3)4;/h;4*(H,2,3,4);/q+1;;;;;-1. The molecule has 0 unspecified atom stereocenters. The van der Waals surface area contributed by atoms with Crippen molar-refractivity contribution in [1.82, 2.24) is 0 Å². The second-order valence-corrected chi connectivity index (χ2v) is 0.951. The van der Waals surface area contributed by atoms with E-state index in [-0.39, 0.29) is 52.8 Å². The van der Waals surface area contributed by atoms with Gasteiger partial charge in [0, 0.05) is 0 Å². The van der Waals surface area contributed by atoms with Gasteiger partial charge in [-0.2, -0.15) is 0 Å². The minimum atomic E-state index is -1.50. The number of hydrogen-bond donors (Lipinski definition) is 4. The third-order valence-corrected chi connectivity index (χ3v) is 0. The average Bonchev–Trinajstić information content (AvgIpc) is 1.76. The van der Waals surface area contributed by atoms with E-state index in [1.165, 1.54) is 0 Å². The van der Waals surface area contributed by atoms with Crippen LogP contribution < -0.4 is 51.4 Å². The summed E-state index contributed by atoms with van der Waals surface area (Å²) in [6, 6.07) is 0. The van der Waals surface area contributed by atoms with Crippen LogP contribution in [0.15, 0.2) is 0 Å². The number of rotatable bonds is 0. The molecule has 0 bridgehead atoms. The van der Waals surface area contributed by atoms with E-state index in [1.54, 1.807) is 0 Å². The van der Waals surface area contributed by atoms with Crippen LogP contribution in [-0.4, -0.2) is 41.2 Å². The van der Waals surface area contributed by atoms with E-state index in [2.05, 4.69) is 0 Å². The third kappa shape index (κ3) is 913. The van der Waals surface area contributed by atoms with Crippen LogP contribution in [0.2, 0.25) is 0 Å². The molecule has 0 aliphatic rings. The van der Waals surface area contributed by atoms with Crippen molar-refractivity contribution in [3.63, 3.8) is 0 Å². The summed E-state index contributed by atoms with van der Waals surface area (Å²) < 4.78 is 0. The zero-order chi connectivity index (χ0) is 14.3. The van der Waals surface area contributed by atoms with Crippen molar-refractivity contribution in [2.75, 3.05) is 0 Å². The fraction of sp³-hybridized carbons (Fsp3) is 0. The summed E-state index contributed by atoms with van der Waals surface area (Å²) >= 11 is 0. The Morgan fingerprint density at radius 1 is 0.588 bits per heavy atom. The van der Waals surface area contributed by atoms with Crippen molar-refractivity contribution in [1.29, 1.82) is 0 Å². The first-order valence-corrected chi connectivity index (χ1v) is 2.26. The first-order chi connectivity index (χ1) is 6.93. The van der Waals surface area contributed by atoms with E-state index in [1.807, 2.05) is 0 Å². The second kappa shape index (κ2) is 23.9. The van der Waals surface area contributed by atoms with Gasteiger partial charge in [0.25, 0.3) is 20.3 Å². The molecule has 0 spiro atoms. The summed E-state index contributed by atoms with van der Waals surface area (Å²) in [5.41, 5.74) is 0. The molecule has 0 aromatic heterocycles. The maximum absolute atomic E-state index is 8.36. The fourth-order valence-electron chi connectivity index (χ4n) is 0. The molecule has 0 heterocycles. The minimum Gasteiger partial charge on any atom is -1.00 e. The molecule has 0 atom stereocenters. The maximum atomic E-state index is 8.36. The Morgan fingerprint density at radius 2 is 0.588 bits per heavy atom. The van der Waals surface area contributed by atoms with Crippen LogP contribution in [0.5, 0.6) is 0 Å². The molecule has 0 radical (unpaired) electrons. The van der Waals surface area contributed by atoms with Gasteiger partial charge in [-0.15, -0.1) is 40.5 Å². The molecule has 16 nitrogen and oxygen atoms in total. The Labute approximate surface area is 133 Å². The van der Waals surface area contributed by atoms with Gasteiger partial charge in [-0.1, -0.05) is 0 Å². The van der Waals surface area contributed by atoms with Gasteiger partial charge in [0.05, 0.1) is 0 Å². The van der Waals surface area contributed by atoms with Crippen molar-refractivity contribution in [2.45, 2.75) is 0 Å². The zero-order valence-electron chi connectivity index (χ0n) is 8.84. The molecular weight excluding hydrogens is 287 g/mol. The largest absolute Gasteiger partial charge is 1.00 e. The Hall–Kier alpha value is -1.56. The summed E-state index contributed by atoms with van der Waals surface area (Å²) in [6.45, 7) is 0. The molecule has 0 saturated heterocycles. The van der Waals surface area contributed by atoms with Crippen molar-refractivity contribution in [2.24, 2.45) is 0 Å². The van der Waals surface area contributed by atoms with Crippen LogP contribution in [0.25, 0.3) is 0 Å².